The van der Waals surface area contributed by atoms with Crippen LogP contribution in [0.5, 0.6) is 0 Å². The maximum Gasteiger partial charge on any atom is 0.417 e. The SMILES string of the molecule is CCO[C@H]1COC[C@H]1N(C)c1ncc(C(F)(F)F)cc1CO. The second kappa shape index (κ2) is 6.80. The number of aromatic nitrogens is 1. The van der Waals surface area contributed by atoms with E-state index in [-0.39, 0.29) is 17.7 Å². The number of rotatable bonds is 5. The summed E-state index contributed by atoms with van der Waals surface area (Å²) in [6.45, 7) is 2.69. The number of pyridine rings is 1. The van der Waals surface area contributed by atoms with Crippen LogP contribution in [0.15, 0.2) is 12.3 Å². The summed E-state index contributed by atoms with van der Waals surface area (Å²) in [5.41, 5.74) is -0.753. The van der Waals surface area contributed by atoms with Gasteiger partial charge in [-0.2, -0.15) is 13.2 Å². The molecule has 0 radical (unpaired) electrons. The minimum absolute atomic E-state index is 0.125. The molecule has 8 heteroatoms. The largest absolute Gasteiger partial charge is 0.417 e. The van der Waals surface area contributed by atoms with Gasteiger partial charge in [-0.25, -0.2) is 4.98 Å². The van der Waals surface area contributed by atoms with Crippen LogP contribution in [0.2, 0.25) is 0 Å². The Kier molecular flexibility index (Phi) is 5.25. The lowest BCUT2D eigenvalue weighted by Crippen LogP contribution is -2.43. The lowest BCUT2D eigenvalue weighted by molar-refractivity contribution is -0.137. The van der Waals surface area contributed by atoms with E-state index in [9.17, 15) is 18.3 Å². The number of hydrogen-bond acceptors (Lipinski definition) is 5. The molecule has 124 valence electrons. The molecule has 0 aliphatic carbocycles. The highest BCUT2D eigenvalue weighted by molar-refractivity contribution is 5.49. The summed E-state index contributed by atoms with van der Waals surface area (Å²) in [5.74, 6) is 0.302. The third-order valence-electron chi connectivity index (χ3n) is 3.65. The van der Waals surface area contributed by atoms with Crippen LogP contribution in [0, 0.1) is 0 Å². The Labute approximate surface area is 126 Å². The van der Waals surface area contributed by atoms with E-state index in [0.29, 0.717) is 25.6 Å². The quantitative estimate of drug-likeness (QED) is 0.897. The van der Waals surface area contributed by atoms with Crippen molar-refractivity contribution in [3.63, 3.8) is 0 Å². The Morgan fingerprint density at radius 2 is 2.18 bits per heavy atom. The lowest BCUT2D eigenvalue weighted by atomic mass is 10.1. The summed E-state index contributed by atoms with van der Waals surface area (Å²) in [6.07, 6.45) is -3.89. The van der Waals surface area contributed by atoms with Gasteiger partial charge in [0, 0.05) is 25.4 Å². The maximum atomic E-state index is 12.7. The molecule has 1 aromatic heterocycles. The number of hydrogen-bond donors (Lipinski definition) is 1. The molecule has 0 saturated carbocycles. The number of aliphatic hydroxyl groups is 1. The van der Waals surface area contributed by atoms with Crippen molar-refractivity contribution in [2.24, 2.45) is 0 Å². The number of ether oxygens (including phenoxy) is 2. The summed E-state index contributed by atoms with van der Waals surface area (Å²) in [5, 5.41) is 9.37. The number of aliphatic hydroxyl groups excluding tert-OH is 1. The zero-order chi connectivity index (χ0) is 16.3. The monoisotopic (exact) mass is 320 g/mol. The van der Waals surface area contributed by atoms with E-state index < -0.39 is 18.3 Å². The number of anilines is 1. The summed E-state index contributed by atoms with van der Waals surface area (Å²) in [4.78, 5) is 5.60. The van der Waals surface area contributed by atoms with Gasteiger partial charge in [-0.15, -0.1) is 0 Å². The summed E-state index contributed by atoms with van der Waals surface area (Å²) in [7, 11) is 1.71. The van der Waals surface area contributed by atoms with Crippen molar-refractivity contribution in [3.8, 4) is 0 Å². The molecule has 0 unspecified atom stereocenters. The number of halogens is 3. The summed E-state index contributed by atoms with van der Waals surface area (Å²) >= 11 is 0. The van der Waals surface area contributed by atoms with E-state index in [1.807, 2.05) is 6.92 Å². The van der Waals surface area contributed by atoms with Gasteiger partial charge in [0.05, 0.1) is 31.4 Å². The van der Waals surface area contributed by atoms with Gasteiger partial charge in [-0.3, -0.25) is 0 Å². The van der Waals surface area contributed by atoms with Gasteiger partial charge < -0.3 is 19.5 Å². The molecule has 1 saturated heterocycles. The average molecular weight is 320 g/mol. The van der Waals surface area contributed by atoms with Gasteiger partial charge >= 0.3 is 6.18 Å². The minimum Gasteiger partial charge on any atom is -0.392 e. The fourth-order valence-corrected chi connectivity index (χ4v) is 2.51. The zero-order valence-corrected chi connectivity index (χ0v) is 12.4. The van der Waals surface area contributed by atoms with Crippen LogP contribution in [0.4, 0.5) is 19.0 Å². The highest BCUT2D eigenvalue weighted by atomic mass is 19.4. The average Bonchev–Trinajstić information content (AvgIpc) is 2.93. The maximum absolute atomic E-state index is 12.7. The van der Waals surface area contributed by atoms with E-state index >= 15 is 0 Å². The fraction of sp³-hybridized carbons (Fsp3) is 0.643. The number of nitrogens with zero attached hydrogens (tertiary/aromatic N) is 2. The number of alkyl halides is 3. The molecule has 1 fully saturated rings. The van der Waals surface area contributed by atoms with Crippen molar-refractivity contribution in [3.05, 3.63) is 23.4 Å². The first kappa shape index (κ1) is 17.0. The Morgan fingerprint density at radius 3 is 2.77 bits per heavy atom. The molecule has 0 bridgehead atoms. The molecule has 2 atom stereocenters. The molecular formula is C14H19F3N2O3. The minimum atomic E-state index is -4.49. The summed E-state index contributed by atoms with van der Waals surface area (Å²) < 4.78 is 49.1. The molecule has 1 aliphatic heterocycles. The lowest BCUT2D eigenvalue weighted by Gasteiger charge is -2.30. The van der Waals surface area contributed by atoms with Crippen molar-refractivity contribution in [1.29, 1.82) is 0 Å². The van der Waals surface area contributed by atoms with Gasteiger partial charge in [0.25, 0.3) is 0 Å². The third-order valence-corrected chi connectivity index (χ3v) is 3.65. The first-order chi connectivity index (χ1) is 10.4. The van der Waals surface area contributed by atoms with Crippen molar-refractivity contribution < 1.29 is 27.8 Å². The molecule has 1 aliphatic rings. The van der Waals surface area contributed by atoms with Gasteiger partial charge in [-0.05, 0) is 13.0 Å². The van der Waals surface area contributed by atoms with Crippen LogP contribution in [0.1, 0.15) is 18.1 Å². The van der Waals surface area contributed by atoms with Gasteiger partial charge in [0.2, 0.25) is 0 Å². The molecule has 5 nitrogen and oxygen atoms in total. The zero-order valence-electron chi connectivity index (χ0n) is 12.4. The molecule has 0 spiro atoms. The van der Waals surface area contributed by atoms with E-state index in [2.05, 4.69) is 4.98 Å². The van der Waals surface area contributed by atoms with E-state index in [1.54, 1.807) is 11.9 Å². The van der Waals surface area contributed by atoms with Crippen molar-refractivity contribution >= 4 is 5.82 Å². The van der Waals surface area contributed by atoms with Crippen molar-refractivity contribution in [2.45, 2.75) is 31.9 Å². The number of likely N-dealkylation sites (N-methyl/N-ethyl adjacent to an activating group) is 1. The Bertz CT molecular complexity index is 511. The Morgan fingerprint density at radius 1 is 1.45 bits per heavy atom. The fourth-order valence-electron chi connectivity index (χ4n) is 2.51. The van der Waals surface area contributed by atoms with Crippen LogP contribution in [-0.4, -0.2) is 49.1 Å². The normalized spacial score (nSPS) is 22.1. The smallest absolute Gasteiger partial charge is 0.392 e. The molecule has 22 heavy (non-hydrogen) atoms. The molecule has 2 heterocycles. The second-order valence-corrected chi connectivity index (χ2v) is 5.07. The van der Waals surface area contributed by atoms with Crippen LogP contribution in [-0.2, 0) is 22.3 Å². The van der Waals surface area contributed by atoms with Crippen molar-refractivity contribution in [1.82, 2.24) is 4.98 Å². The van der Waals surface area contributed by atoms with Crippen LogP contribution in [0.3, 0.4) is 0 Å². The molecule has 0 aromatic carbocycles. The van der Waals surface area contributed by atoms with Gasteiger partial charge in [0.15, 0.2) is 0 Å². The topological polar surface area (TPSA) is 54.8 Å². The molecule has 1 N–H and O–H groups in total. The standard InChI is InChI=1S/C14H19F3N2O3/c1-3-22-12-8-21-7-11(12)19(2)13-9(6-20)4-10(5-18-13)14(15,16)17/h4-5,11-12,20H,3,6-8H2,1-2H3/t11-,12+/m1/s1. The van der Waals surface area contributed by atoms with Crippen LogP contribution >= 0.6 is 0 Å². The third kappa shape index (κ3) is 3.50. The highest BCUT2D eigenvalue weighted by Crippen LogP contribution is 2.32. The molecule has 1 aromatic rings. The summed E-state index contributed by atoms with van der Waals surface area (Å²) in [6, 6.07) is 0.763. The Hall–Kier alpha value is -1.38. The highest BCUT2D eigenvalue weighted by Gasteiger charge is 2.35. The first-order valence-electron chi connectivity index (χ1n) is 6.97. The predicted molar refractivity (Wildman–Crippen MR) is 73.6 cm³/mol. The predicted octanol–water partition coefficient (Wildman–Crippen LogP) is 1.83. The molecular weight excluding hydrogens is 301 g/mol. The second-order valence-electron chi connectivity index (χ2n) is 5.07. The Balaban J connectivity index is 2.27. The van der Waals surface area contributed by atoms with Crippen LogP contribution in [0.25, 0.3) is 0 Å². The van der Waals surface area contributed by atoms with E-state index in [0.717, 1.165) is 12.3 Å². The first-order valence-corrected chi connectivity index (χ1v) is 6.97. The van der Waals surface area contributed by atoms with E-state index in [4.69, 9.17) is 9.47 Å². The van der Waals surface area contributed by atoms with Gasteiger partial charge in [0.1, 0.15) is 11.9 Å². The molecule has 0 amide bonds. The van der Waals surface area contributed by atoms with Crippen LogP contribution < -0.4 is 4.90 Å². The van der Waals surface area contributed by atoms with E-state index in [1.165, 1.54) is 0 Å². The van der Waals surface area contributed by atoms with Crippen molar-refractivity contribution in [2.75, 3.05) is 31.8 Å². The molecule has 2 rings (SSSR count). The van der Waals surface area contributed by atoms with Gasteiger partial charge in [-0.1, -0.05) is 0 Å².